The van der Waals surface area contributed by atoms with E-state index in [1.54, 1.807) is 20.6 Å². The van der Waals surface area contributed by atoms with Gasteiger partial charge in [0, 0.05) is 73.1 Å². The van der Waals surface area contributed by atoms with Crippen LogP contribution < -0.4 is 21.6 Å². The molecule has 2 fully saturated rings. The van der Waals surface area contributed by atoms with E-state index < -0.39 is 6.04 Å². The van der Waals surface area contributed by atoms with Gasteiger partial charge in [0.25, 0.3) is 0 Å². The summed E-state index contributed by atoms with van der Waals surface area (Å²) in [5, 5.41) is 3.05. The van der Waals surface area contributed by atoms with Crippen molar-refractivity contribution in [1.82, 2.24) is 34.6 Å². The van der Waals surface area contributed by atoms with Crippen LogP contribution in [0.5, 0.6) is 0 Å². The first-order chi connectivity index (χ1) is 22.3. The zero-order chi connectivity index (χ0) is 32.2. The highest BCUT2D eigenvalue weighted by atomic mass is 79.9. The molecule has 2 saturated heterocycles. The highest BCUT2D eigenvalue weighted by molar-refractivity contribution is 9.11. The molecule has 0 aliphatic carbocycles. The second-order valence-corrected chi connectivity index (χ2v) is 13.2. The molecule has 0 unspecified atom stereocenters. The summed E-state index contributed by atoms with van der Waals surface area (Å²) in [4.78, 5) is 57.3. The van der Waals surface area contributed by atoms with Crippen LogP contribution in [0.15, 0.2) is 81.0 Å². The van der Waals surface area contributed by atoms with Crippen molar-refractivity contribution in [2.75, 3.05) is 49.9 Å². The molecule has 0 saturated carbocycles. The van der Waals surface area contributed by atoms with Gasteiger partial charge in [0.1, 0.15) is 18.2 Å². The van der Waals surface area contributed by atoms with Gasteiger partial charge < -0.3 is 30.7 Å². The van der Waals surface area contributed by atoms with Crippen LogP contribution >= 0.6 is 31.9 Å². The minimum atomic E-state index is -0.779. The van der Waals surface area contributed by atoms with Gasteiger partial charge in [-0.1, -0.05) is 30.3 Å². The number of carbonyl (C=O) groups excluding carboxylic acids is 2. The van der Waals surface area contributed by atoms with E-state index in [0.29, 0.717) is 73.2 Å². The largest absolute Gasteiger partial charge is 0.397 e. The fraction of sp³-hybridized carbons (Fsp3) is 0.344. The summed E-state index contributed by atoms with van der Waals surface area (Å²) in [6.45, 7) is 3.19. The van der Waals surface area contributed by atoms with Crippen LogP contribution in [0.4, 0.5) is 16.3 Å². The molecule has 2 aromatic heterocycles. The first kappa shape index (κ1) is 31.8. The van der Waals surface area contributed by atoms with E-state index in [9.17, 15) is 14.4 Å². The van der Waals surface area contributed by atoms with E-state index in [2.05, 4.69) is 57.0 Å². The molecular formula is C32H35Br2N9O3. The minimum absolute atomic E-state index is 0.0293. The number of aromatic nitrogens is 4. The predicted octanol–water partition coefficient (Wildman–Crippen LogP) is 4.05. The summed E-state index contributed by atoms with van der Waals surface area (Å²) in [6, 6.07) is 14.2. The van der Waals surface area contributed by atoms with E-state index in [1.165, 1.54) is 6.33 Å². The molecule has 3 amide bonds. The standard InChI is InChI=1S/C32H35Br2N9O3/c33-24-16-21(17-25(34)29(24)35)18-26(30(44)41-14-12-40(13-15-41)28-6-9-36-20-37-28)38-31(45)42-10-7-23(8-11-42)43-19-27(39-32(43)46)22-4-2-1-3-5-22/h1-6,9,16-17,19-20,23,26H,7-8,10-15,18,35H2,(H,38,45)(H,39,46)/t26-/m1/s1. The number of nitrogens with one attached hydrogen (secondary N) is 2. The second-order valence-electron chi connectivity index (χ2n) is 11.5. The van der Waals surface area contributed by atoms with Crippen LogP contribution in [0, 0.1) is 0 Å². The van der Waals surface area contributed by atoms with Gasteiger partial charge in [-0.25, -0.2) is 19.6 Å². The number of rotatable bonds is 7. The van der Waals surface area contributed by atoms with Crippen molar-refractivity contribution >= 4 is 55.3 Å². The Labute approximate surface area is 283 Å². The van der Waals surface area contributed by atoms with Crippen molar-refractivity contribution in [3.8, 4) is 11.3 Å². The number of halogens is 2. The molecule has 46 heavy (non-hydrogen) atoms. The topological polar surface area (TPSA) is 145 Å². The van der Waals surface area contributed by atoms with E-state index in [1.807, 2.05) is 54.7 Å². The maximum absolute atomic E-state index is 14.0. The fourth-order valence-corrected chi connectivity index (χ4v) is 7.35. The van der Waals surface area contributed by atoms with Crippen molar-refractivity contribution in [1.29, 1.82) is 0 Å². The average molecular weight is 753 g/mol. The number of likely N-dealkylation sites (tertiary alicyclic amines) is 1. The molecule has 0 bridgehead atoms. The second kappa shape index (κ2) is 14.1. The number of carbonyl (C=O) groups is 2. The lowest BCUT2D eigenvalue weighted by molar-refractivity contribution is -0.133. The molecule has 0 radical (unpaired) electrons. The maximum atomic E-state index is 14.0. The Balaban J connectivity index is 1.12. The number of nitrogens with zero attached hydrogens (tertiary/aromatic N) is 6. The summed E-state index contributed by atoms with van der Waals surface area (Å²) in [6.07, 6.45) is 6.63. The van der Waals surface area contributed by atoms with Crippen LogP contribution in [0.2, 0.25) is 0 Å². The smallest absolute Gasteiger partial charge is 0.326 e. The van der Waals surface area contributed by atoms with Gasteiger partial charge in [0.05, 0.1) is 11.4 Å². The number of nitrogens with two attached hydrogens (primary N) is 1. The third kappa shape index (κ3) is 7.12. The number of urea groups is 1. The van der Waals surface area contributed by atoms with Crippen LogP contribution in [0.1, 0.15) is 24.4 Å². The summed E-state index contributed by atoms with van der Waals surface area (Å²) in [5.74, 6) is 0.687. The minimum Gasteiger partial charge on any atom is -0.397 e. The van der Waals surface area contributed by atoms with Gasteiger partial charge in [0.15, 0.2) is 0 Å². The zero-order valence-corrected chi connectivity index (χ0v) is 28.3. The number of hydrogen-bond acceptors (Lipinski definition) is 7. The number of imidazole rings is 1. The van der Waals surface area contributed by atoms with Crippen LogP contribution in [0.3, 0.4) is 0 Å². The summed E-state index contributed by atoms with van der Waals surface area (Å²) >= 11 is 7.00. The molecule has 4 aromatic rings. The number of hydrogen-bond donors (Lipinski definition) is 3. The lowest BCUT2D eigenvalue weighted by Gasteiger charge is -2.38. The van der Waals surface area contributed by atoms with Crippen molar-refractivity contribution in [3.05, 3.63) is 92.2 Å². The molecule has 2 aliphatic rings. The van der Waals surface area contributed by atoms with Crippen LogP contribution in [-0.4, -0.2) is 86.6 Å². The van der Waals surface area contributed by atoms with Crippen LogP contribution in [-0.2, 0) is 11.2 Å². The molecule has 14 heteroatoms. The van der Waals surface area contributed by atoms with Gasteiger partial charge in [0.2, 0.25) is 5.91 Å². The van der Waals surface area contributed by atoms with Crippen molar-refractivity contribution in [3.63, 3.8) is 0 Å². The van der Waals surface area contributed by atoms with Gasteiger partial charge in [-0.15, -0.1) is 0 Å². The molecule has 6 rings (SSSR count). The first-order valence-corrected chi connectivity index (χ1v) is 16.8. The van der Waals surface area contributed by atoms with Gasteiger partial charge in [-0.05, 0) is 74.0 Å². The van der Waals surface area contributed by atoms with Gasteiger partial charge in [-0.2, -0.15) is 0 Å². The Kier molecular flexibility index (Phi) is 9.73. The quantitative estimate of drug-likeness (QED) is 0.242. The molecule has 4 N–H and O–H groups in total. The molecule has 12 nitrogen and oxygen atoms in total. The average Bonchev–Trinajstić information content (AvgIpc) is 3.48. The highest BCUT2D eigenvalue weighted by Crippen LogP contribution is 2.30. The highest BCUT2D eigenvalue weighted by Gasteiger charge is 2.32. The van der Waals surface area contributed by atoms with E-state index in [0.717, 1.165) is 22.6 Å². The Bertz CT molecular complexity index is 1710. The lowest BCUT2D eigenvalue weighted by Crippen LogP contribution is -2.57. The number of anilines is 2. The normalized spacial score (nSPS) is 16.3. The Morgan fingerprint density at radius 2 is 1.67 bits per heavy atom. The Morgan fingerprint density at radius 3 is 2.33 bits per heavy atom. The fourth-order valence-electron chi connectivity index (χ4n) is 6.07. The molecule has 4 heterocycles. The number of aromatic amines is 1. The number of piperidine rings is 1. The summed E-state index contributed by atoms with van der Waals surface area (Å²) in [7, 11) is 0. The van der Waals surface area contributed by atoms with Crippen molar-refractivity contribution < 1.29 is 9.59 Å². The predicted molar refractivity (Wildman–Crippen MR) is 183 cm³/mol. The first-order valence-electron chi connectivity index (χ1n) is 15.2. The van der Waals surface area contributed by atoms with Gasteiger partial charge in [-0.3, -0.25) is 9.36 Å². The Morgan fingerprint density at radius 1 is 0.978 bits per heavy atom. The Hall–Kier alpha value is -4.17. The van der Waals surface area contributed by atoms with Crippen molar-refractivity contribution in [2.24, 2.45) is 0 Å². The molecule has 0 spiro atoms. The molecule has 1 atom stereocenters. The van der Waals surface area contributed by atoms with E-state index >= 15 is 0 Å². The van der Waals surface area contributed by atoms with Crippen molar-refractivity contribution in [2.45, 2.75) is 31.3 Å². The number of benzene rings is 2. The summed E-state index contributed by atoms with van der Waals surface area (Å²) < 4.78 is 3.16. The number of amides is 3. The third-order valence-corrected chi connectivity index (χ3v) is 9.94. The monoisotopic (exact) mass is 751 g/mol. The molecule has 2 aromatic carbocycles. The molecule has 240 valence electrons. The van der Waals surface area contributed by atoms with E-state index in [-0.39, 0.29) is 23.7 Å². The van der Waals surface area contributed by atoms with Gasteiger partial charge >= 0.3 is 11.7 Å². The third-order valence-electron chi connectivity index (χ3n) is 8.63. The summed E-state index contributed by atoms with van der Waals surface area (Å²) in [5.41, 5.74) is 9.08. The number of nitrogen functional groups attached to an aromatic ring is 1. The number of H-pyrrole nitrogens is 1. The molecular weight excluding hydrogens is 718 g/mol. The van der Waals surface area contributed by atoms with E-state index in [4.69, 9.17) is 5.73 Å². The number of piperazine rings is 1. The molecule has 2 aliphatic heterocycles. The zero-order valence-electron chi connectivity index (χ0n) is 25.1. The SMILES string of the molecule is Nc1c(Br)cc(C[C@@H](NC(=O)N2CCC(n3cc(-c4ccccc4)[nH]c3=O)CC2)C(=O)N2CCN(c3ccncn3)CC2)cc1Br. The van der Waals surface area contributed by atoms with Crippen LogP contribution in [0.25, 0.3) is 11.3 Å². The maximum Gasteiger partial charge on any atom is 0.326 e. The lowest BCUT2D eigenvalue weighted by atomic mass is 10.0.